The number of Topliss-reactive ketones (excluding diaryl/α,β-unsaturated/α-hetero) is 1. The molecule has 1 heterocycles. The summed E-state index contributed by atoms with van der Waals surface area (Å²) in [5.74, 6) is -1.29. The van der Waals surface area contributed by atoms with Gasteiger partial charge in [-0.3, -0.25) is 19.7 Å². The van der Waals surface area contributed by atoms with E-state index in [9.17, 15) is 24.5 Å². The Kier molecular flexibility index (Phi) is 5.40. The van der Waals surface area contributed by atoms with Crippen LogP contribution < -0.4 is 0 Å². The van der Waals surface area contributed by atoms with Gasteiger partial charge in [-0.15, -0.1) is 0 Å². The fourth-order valence-electron chi connectivity index (χ4n) is 4.01. The number of amides is 1. The van der Waals surface area contributed by atoms with Gasteiger partial charge < -0.3 is 9.64 Å². The third-order valence-electron chi connectivity index (χ3n) is 4.70. The summed E-state index contributed by atoms with van der Waals surface area (Å²) in [7, 11) is 0. The first-order valence-electron chi connectivity index (χ1n) is 8.63. The molecule has 8 heteroatoms. The van der Waals surface area contributed by atoms with E-state index in [1.54, 1.807) is 45.6 Å². The molecular weight excluding hydrogens is 352 g/mol. The second kappa shape index (κ2) is 7.09. The first-order chi connectivity index (χ1) is 12.4. The fraction of sp³-hybridized carbons (Fsp3) is 0.526. The number of rotatable bonds is 4. The summed E-state index contributed by atoms with van der Waals surface area (Å²) in [6, 6.07) is 4.26. The SMILES string of the molecule is Cc1cccc([N+](=O)[O-])c1C(=O)OCC(=O)N1C(C)(C)CC(=O)CC1(C)C. The van der Waals surface area contributed by atoms with Crippen LogP contribution in [0.25, 0.3) is 0 Å². The molecule has 1 fully saturated rings. The lowest BCUT2D eigenvalue weighted by Crippen LogP contribution is -2.63. The minimum atomic E-state index is -0.920. The van der Waals surface area contributed by atoms with Gasteiger partial charge in [-0.25, -0.2) is 4.79 Å². The molecule has 1 aliphatic rings. The zero-order chi connectivity index (χ0) is 20.6. The minimum absolute atomic E-state index is 0.0709. The van der Waals surface area contributed by atoms with E-state index >= 15 is 0 Å². The number of hydrogen-bond acceptors (Lipinski definition) is 6. The Bertz CT molecular complexity index is 792. The molecule has 146 valence electrons. The molecule has 0 saturated carbocycles. The van der Waals surface area contributed by atoms with Crippen molar-refractivity contribution in [3.63, 3.8) is 0 Å². The summed E-state index contributed by atoms with van der Waals surface area (Å²) in [4.78, 5) is 49.2. The Morgan fingerprint density at radius 3 is 2.26 bits per heavy atom. The number of likely N-dealkylation sites (tertiary alicyclic amines) is 1. The highest BCUT2D eigenvalue weighted by molar-refractivity contribution is 5.97. The Balaban J connectivity index is 2.20. The van der Waals surface area contributed by atoms with E-state index in [1.165, 1.54) is 12.1 Å². The molecule has 1 aromatic carbocycles. The third-order valence-corrected chi connectivity index (χ3v) is 4.70. The summed E-state index contributed by atoms with van der Waals surface area (Å²) in [6.07, 6.45) is 0.443. The Labute approximate surface area is 157 Å². The number of benzene rings is 1. The molecule has 0 unspecified atom stereocenters. The number of piperidine rings is 1. The molecule has 0 N–H and O–H groups in total. The van der Waals surface area contributed by atoms with Crippen molar-refractivity contribution in [1.29, 1.82) is 0 Å². The number of carbonyl (C=O) groups is 3. The molecule has 27 heavy (non-hydrogen) atoms. The van der Waals surface area contributed by atoms with Crippen molar-refractivity contribution < 1.29 is 24.0 Å². The van der Waals surface area contributed by atoms with Gasteiger partial charge >= 0.3 is 5.97 Å². The highest BCUT2D eigenvalue weighted by Crippen LogP contribution is 2.36. The maximum absolute atomic E-state index is 12.8. The van der Waals surface area contributed by atoms with Crippen molar-refractivity contribution >= 4 is 23.3 Å². The van der Waals surface area contributed by atoms with Crippen molar-refractivity contribution in [2.45, 2.75) is 58.5 Å². The Hall–Kier alpha value is -2.77. The smallest absolute Gasteiger partial charge is 0.345 e. The van der Waals surface area contributed by atoms with Gasteiger partial charge in [-0.2, -0.15) is 0 Å². The highest BCUT2D eigenvalue weighted by Gasteiger charge is 2.47. The van der Waals surface area contributed by atoms with E-state index < -0.39 is 34.5 Å². The molecular formula is C19H24N2O6. The van der Waals surface area contributed by atoms with Crippen LogP contribution in [-0.2, 0) is 14.3 Å². The van der Waals surface area contributed by atoms with Crippen molar-refractivity contribution in [2.24, 2.45) is 0 Å². The van der Waals surface area contributed by atoms with Crippen LogP contribution in [0.1, 0.15) is 56.5 Å². The first kappa shape index (κ1) is 20.5. The van der Waals surface area contributed by atoms with Crippen molar-refractivity contribution in [1.82, 2.24) is 4.90 Å². The third kappa shape index (κ3) is 4.15. The fourth-order valence-corrected chi connectivity index (χ4v) is 4.01. The van der Waals surface area contributed by atoms with Crippen molar-refractivity contribution in [3.8, 4) is 0 Å². The minimum Gasteiger partial charge on any atom is -0.452 e. The van der Waals surface area contributed by atoms with E-state index in [1.807, 2.05) is 0 Å². The second-order valence-corrected chi connectivity index (χ2v) is 8.05. The zero-order valence-electron chi connectivity index (χ0n) is 16.2. The number of aryl methyl sites for hydroxylation is 1. The summed E-state index contributed by atoms with van der Waals surface area (Å²) >= 11 is 0. The van der Waals surface area contributed by atoms with Crippen LogP contribution in [0.3, 0.4) is 0 Å². The summed E-state index contributed by atoms with van der Waals surface area (Å²) in [5.41, 5.74) is -1.56. The van der Waals surface area contributed by atoms with Crippen LogP contribution in [0.4, 0.5) is 5.69 Å². The van der Waals surface area contributed by atoms with E-state index in [4.69, 9.17) is 4.74 Å². The van der Waals surface area contributed by atoms with E-state index in [-0.39, 0.29) is 29.9 Å². The lowest BCUT2D eigenvalue weighted by molar-refractivity contribution is -0.385. The zero-order valence-corrected chi connectivity index (χ0v) is 16.2. The summed E-state index contributed by atoms with van der Waals surface area (Å²) < 4.78 is 5.11. The maximum Gasteiger partial charge on any atom is 0.345 e. The number of nitrogens with zero attached hydrogens (tertiary/aromatic N) is 2. The number of nitro benzene ring substituents is 1. The van der Waals surface area contributed by atoms with Gasteiger partial charge in [0.2, 0.25) is 0 Å². The predicted octanol–water partition coefficient (Wildman–Crippen LogP) is 2.81. The van der Waals surface area contributed by atoms with Gasteiger partial charge in [-0.1, -0.05) is 12.1 Å². The Morgan fingerprint density at radius 1 is 1.19 bits per heavy atom. The van der Waals surface area contributed by atoms with E-state index in [2.05, 4.69) is 0 Å². The van der Waals surface area contributed by atoms with Crippen LogP contribution in [-0.4, -0.2) is 45.2 Å². The molecule has 1 amide bonds. The molecule has 8 nitrogen and oxygen atoms in total. The molecule has 0 aliphatic carbocycles. The van der Waals surface area contributed by atoms with Crippen LogP contribution in [0, 0.1) is 17.0 Å². The number of ether oxygens (including phenoxy) is 1. The summed E-state index contributed by atoms with van der Waals surface area (Å²) in [5, 5.41) is 11.2. The lowest BCUT2D eigenvalue weighted by atomic mass is 9.79. The second-order valence-electron chi connectivity index (χ2n) is 8.05. The molecule has 1 saturated heterocycles. The molecule has 0 radical (unpaired) electrons. The van der Waals surface area contributed by atoms with Crippen LogP contribution in [0.15, 0.2) is 18.2 Å². The van der Waals surface area contributed by atoms with Gasteiger partial charge in [0.1, 0.15) is 11.3 Å². The van der Waals surface area contributed by atoms with Crippen molar-refractivity contribution in [2.75, 3.05) is 6.61 Å². The Morgan fingerprint density at radius 2 is 1.74 bits per heavy atom. The quantitative estimate of drug-likeness (QED) is 0.454. The normalized spacial score (nSPS) is 18.1. The van der Waals surface area contributed by atoms with Crippen LogP contribution in [0.5, 0.6) is 0 Å². The van der Waals surface area contributed by atoms with Gasteiger partial charge in [0.15, 0.2) is 6.61 Å². The lowest BCUT2D eigenvalue weighted by Gasteiger charge is -2.51. The van der Waals surface area contributed by atoms with Gasteiger partial charge in [-0.05, 0) is 40.2 Å². The number of nitro groups is 1. The summed E-state index contributed by atoms with van der Waals surface area (Å²) in [6.45, 7) is 8.17. The number of hydrogen-bond donors (Lipinski definition) is 0. The van der Waals surface area contributed by atoms with E-state index in [0.29, 0.717) is 5.56 Å². The monoisotopic (exact) mass is 376 g/mol. The number of carbonyl (C=O) groups excluding carboxylic acids is 3. The molecule has 0 bridgehead atoms. The maximum atomic E-state index is 12.8. The van der Waals surface area contributed by atoms with Crippen LogP contribution in [0.2, 0.25) is 0 Å². The van der Waals surface area contributed by atoms with Crippen molar-refractivity contribution in [3.05, 3.63) is 39.4 Å². The van der Waals surface area contributed by atoms with Gasteiger partial charge in [0.05, 0.1) is 4.92 Å². The molecule has 0 aromatic heterocycles. The largest absolute Gasteiger partial charge is 0.452 e. The van der Waals surface area contributed by atoms with E-state index in [0.717, 1.165) is 0 Å². The highest BCUT2D eigenvalue weighted by atomic mass is 16.6. The molecule has 1 aliphatic heterocycles. The number of esters is 1. The number of ketones is 1. The first-order valence-corrected chi connectivity index (χ1v) is 8.63. The average Bonchev–Trinajstić information content (AvgIpc) is 2.49. The standard InChI is InChI=1S/C19H24N2O6/c1-12-7-6-8-14(21(25)26)16(12)17(24)27-11-15(23)20-18(2,3)9-13(22)10-19(20,4)5/h6-8H,9-11H2,1-5H3. The molecule has 0 atom stereocenters. The molecule has 2 rings (SSSR count). The molecule has 1 aromatic rings. The van der Waals surface area contributed by atoms with Crippen LogP contribution >= 0.6 is 0 Å². The topological polar surface area (TPSA) is 107 Å². The predicted molar refractivity (Wildman–Crippen MR) is 97.4 cm³/mol. The average molecular weight is 376 g/mol. The van der Waals surface area contributed by atoms with Gasteiger partial charge in [0, 0.05) is 30.0 Å². The molecule has 0 spiro atoms. The van der Waals surface area contributed by atoms with Gasteiger partial charge in [0.25, 0.3) is 11.6 Å².